The molecular formula is C23H30Cl2N2O2Ti. The van der Waals surface area contributed by atoms with Gasteiger partial charge in [0.25, 0.3) is 0 Å². The second-order valence-electron chi connectivity index (χ2n) is 8.41. The molecule has 0 atom stereocenters. The Kier molecular flexibility index (Phi) is 10.6. The maximum atomic E-state index is 10.1. The molecule has 0 heterocycles. The van der Waals surface area contributed by atoms with Gasteiger partial charge in [-0.2, -0.15) is 0 Å². The first-order valence-electron chi connectivity index (χ1n) is 9.56. The fraction of sp³-hybridized carbons (Fsp3) is 0.391. The average Bonchev–Trinajstić information content (AvgIpc) is 2.64. The number of aryl methyl sites for hydroxylation is 2. The van der Waals surface area contributed by atoms with Gasteiger partial charge in [-0.05, 0) is 71.2 Å². The van der Waals surface area contributed by atoms with Crippen molar-refractivity contribution in [2.45, 2.75) is 59.0 Å². The molecule has 0 saturated carbocycles. The first-order valence-corrected chi connectivity index (χ1v) is 13.9. The SMILES string of the molecule is Cc1cccc(C=NC(C)(C)CC(C)(C)N=Cc2cccc(C)c2O)c1O.[Cl][Ti][Cl]. The van der Waals surface area contributed by atoms with E-state index in [2.05, 4.69) is 27.7 Å². The molecule has 0 aliphatic carbocycles. The normalized spacial score (nSPS) is 12.1. The molecule has 4 nitrogen and oxygen atoms in total. The molecular weight excluding hydrogens is 455 g/mol. The zero-order valence-corrected chi connectivity index (χ0v) is 21.4. The van der Waals surface area contributed by atoms with Gasteiger partial charge in [0, 0.05) is 23.6 Å². The second-order valence-corrected chi connectivity index (χ2v) is 11.0. The van der Waals surface area contributed by atoms with Crippen LogP contribution in [0.25, 0.3) is 0 Å². The molecule has 0 amide bonds. The Morgan fingerprint density at radius 2 is 1.13 bits per heavy atom. The van der Waals surface area contributed by atoms with E-state index in [0.717, 1.165) is 11.1 Å². The van der Waals surface area contributed by atoms with Crippen LogP contribution in [0.2, 0.25) is 0 Å². The number of aliphatic imine (C=N–C) groups is 2. The van der Waals surface area contributed by atoms with Crippen LogP contribution in [0.3, 0.4) is 0 Å². The zero-order valence-electron chi connectivity index (χ0n) is 18.4. The van der Waals surface area contributed by atoms with Crippen LogP contribution in [-0.4, -0.2) is 33.7 Å². The third-order valence-electron chi connectivity index (χ3n) is 4.51. The molecule has 0 spiro atoms. The van der Waals surface area contributed by atoms with Crippen LogP contribution in [0.5, 0.6) is 11.5 Å². The summed E-state index contributed by atoms with van der Waals surface area (Å²) in [6.45, 7) is 12.0. The fourth-order valence-corrected chi connectivity index (χ4v) is 3.21. The Bertz CT molecular complexity index is 825. The summed E-state index contributed by atoms with van der Waals surface area (Å²) < 4.78 is 0. The number of hydrogen-bond donors (Lipinski definition) is 2. The van der Waals surface area contributed by atoms with Crippen molar-refractivity contribution in [3.63, 3.8) is 0 Å². The van der Waals surface area contributed by atoms with Crippen LogP contribution < -0.4 is 0 Å². The van der Waals surface area contributed by atoms with Gasteiger partial charge in [0.15, 0.2) is 0 Å². The predicted molar refractivity (Wildman–Crippen MR) is 125 cm³/mol. The van der Waals surface area contributed by atoms with Gasteiger partial charge in [0.1, 0.15) is 11.5 Å². The van der Waals surface area contributed by atoms with E-state index in [-0.39, 0.29) is 22.6 Å². The molecule has 2 rings (SSSR count). The van der Waals surface area contributed by atoms with Crippen molar-refractivity contribution in [1.29, 1.82) is 0 Å². The summed E-state index contributed by atoms with van der Waals surface area (Å²) in [5.74, 6) is 0.536. The number of halogens is 2. The Balaban J connectivity index is 0.00000141. The van der Waals surface area contributed by atoms with E-state index < -0.39 is 17.0 Å². The van der Waals surface area contributed by atoms with Crippen LogP contribution in [0.15, 0.2) is 46.4 Å². The molecule has 7 heteroatoms. The molecule has 2 aromatic rings. The van der Waals surface area contributed by atoms with E-state index in [9.17, 15) is 10.2 Å². The molecule has 0 saturated heterocycles. The predicted octanol–water partition coefficient (Wildman–Crippen LogP) is 6.58. The fourth-order valence-electron chi connectivity index (χ4n) is 3.21. The van der Waals surface area contributed by atoms with Gasteiger partial charge in [-0.25, -0.2) is 0 Å². The Morgan fingerprint density at radius 3 is 1.47 bits per heavy atom. The van der Waals surface area contributed by atoms with E-state index in [0.29, 0.717) is 17.5 Å². The summed E-state index contributed by atoms with van der Waals surface area (Å²) in [5, 5.41) is 20.3. The van der Waals surface area contributed by atoms with Crippen LogP contribution in [0.4, 0.5) is 0 Å². The van der Waals surface area contributed by atoms with Gasteiger partial charge in [-0.15, -0.1) is 0 Å². The molecule has 162 valence electrons. The summed E-state index contributed by atoms with van der Waals surface area (Å²) in [5.41, 5.74) is 2.39. The minimum absolute atomic E-state index is 0.268. The maximum absolute atomic E-state index is 10.1. The number of phenols is 2. The number of benzene rings is 2. The summed E-state index contributed by atoms with van der Waals surface area (Å²) in [6.07, 6.45) is 4.18. The molecule has 2 N–H and O–H groups in total. The molecule has 2 aromatic carbocycles. The van der Waals surface area contributed by atoms with Crippen molar-refractivity contribution < 1.29 is 27.2 Å². The number of rotatable bonds is 6. The number of para-hydroxylation sites is 2. The summed E-state index contributed by atoms with van der Waals surface area (Å²) in [6, 6.07) is 11.3. The topological polar surface area (TPSA) is 65.2 Å². The zero-order chi connectivity index (χ0) is 22.9. The van der Waals surface area contributed by atoms with Crippen molar-refractivity contribution in [2.75, 3.05) is 0 Å². The van der Waals surface area contributed by atoms with Gasteiger partial charge in [0.05, 0.1) is 11.1 Å². The Hall–Kier alpha value is -1.33. The molecule has 0 bridgehead atoms. The van der Waals surface area contributed by atoms with Gasteiger partial charge in [0.2, 0.25) is 0 Å². The van der Waals surface area contributed by atoms with E-state index in [1.54, 1.807) is 12.4 Å². The standard InChI is InChI=1S/C23H30N2O2.2ClH.Ti/c1-16-9-7-11-18(20(16)26)13-24-22(3,4)15-23(5,6)25-14-19-12-8-10-17(2)21(19)27;;;/h7-14,26-27H,15H2,1-6H3;2*1H;/q;;;+2/p-2. The summed E-state index contributed by atoms with van der Waals surface area (Å²) in [4.78, 5) is 9.38. The Labute approximate surface area is 196 Å². The first-order chi connectivity index (χ1) is 13.9. The number of nitrogens with zero attached hydrogens (tertiary/aromatic N) is 2. The van der Waals surface area contributed by atoms with Gasteiger partial charge in [-0.3, -0.25) is 9.98 Å². The molecule has 0 aliphatic rings. The van der Waals surface area contributed by atoms with E-state index in [1.165, 1.54) is 0 Å². The molecule has 0 aromatic heterocycles. The van der Waals surface area contributed by atoms with Crippen molar-refractivity contribution >= 4 is 31.0 Å². The van der Waals surface area contributed by atoms with Gasteiger partial charge >= 0.3 is 35.6 Å². The Morgan fingerprint density at radius 1 is 0.800 bits per heavy atom. The number of hydrogen-bond acceptors (Lipinski definition) is 4. The second kappa shape index (κ2) is 11.9. The molecule has 0 unspecified atom stereocenters. The average molecular weight is 485 g/mol. The molecule has 30 heavy (non-hydrogen) atoms. The van der Waals surface area contributed by atoms with Crippen LogP contribution in [0, 0.1) is 13.8 Å². The van der Waals surface area contributed by atoms with E-state index >= 15 is 0 Å². The van der Waals surface area contributed by atoms with E-state index in [1.807, 2.05) is 50.2 Å². The number of aromatic hydroxyl groups is 2. The quantitative estimate of drug-likeness (QED) is 0.359. The first kappa shape index (κ1) is 26.7. The molecule has 0 fully saturated rings. The minimum atomic E-state index is -0.556. The van der Waals surface area contributed by atoms with Crippen LogP contribution in [0.1, 0.15) is 56.4 Å². The summed E-state index contributed by atoms with van der Waals surface area (Å²) >= 11 is -0.556. The van der Waals surface area contributed by atoms with E-state index in [4.69, 9.17) is 28.6 Å². The summed E-state index contributed by atoms with van der Waals surface area (Å²) in [7, 11) is 9.78. The third-order valence-corrected chi connectivity index (χ3v) is 4.51. The van der Waals surface area contributed by atoms with Crippen molar-refractivity contribution in [3.05, 3.63) is 58.7 Å². The van der Waals surface area contributed by atoms with Crippen LogP contribution >= 0.6 is 18.6 Å². The number of phenolic OH excluding ortho intramolecular Hbond substituents is 2. The molecule has 0 aliphatic heterocycles. The molecule has 0 radical (unpaired) electrons. The van der Waals surface area contributed by atoms with Gasteiger partial charge in [-0.1, -0.05) is 24.3 Å². The van der Waals surface area contributed by atoms with Crippen molar-refractivity contribution in [3.8, 4) is 11.5 Å². The third kappa shape index (κ3) is 8.81. The monoisotopic (exact) mass is 484 g/mol. The van der Waals surface area contributed by atoms with Gasteiger partial charge < -0.3 is 10.2 Å². The van der Waals surface area contributed by atoms with Crippen molar-refractivity contribution in [1.82, 2.24) is 0 Å². The van der Waals surface area contributed by atoms with Crippen LogP contribution in [-0.2, 0) is 17.0 Å². The van der Waals surface area contributed by atoms with Crippen molar-refractivity contribution in [2.24, 2.45) is 9.98 Å².